The van der Waals surface area contributed by atoms with Crippen LogP contribution in [0.5, 0.6) is 0 Å². The van der Waals surface area contributed by atoms with Gasteiger partial charge in [-0.1, -0.05) is 6.07 Å². The zero-order valence-electron chi connectivity index (χ0n) is 10.6. The van der Waals surface area contributed by atoms with E-state index in [2.05, 4.69) is 5.32 Å². The van der Waals surface area contributed by atoms with Gasteiger partial charge < -0.3 is 10.4 Å². The summed E-state index contributed by atoms with van der Waals surface area (Å²) >= 11 is 1.34. The first-order chi connectivity index (χ1) is 9.49. The number of thiophene rings is 1. The Hall–Kier alpha value is -2.41. The molecule has 2 rings (SSSR count). The highest BCUT2D eigenvalue weighted by Crippen LogP contribution is 2.27. The van der Waals surface area contributed by atoms with Crippen LogP contribution in [0.15, 0.2) is 35.7 Å². The topological polar surface area (TPSA) is 92.5 Å². The van der Waals surface area contributed by atoms with Gasteiger partial charge in [-0.05, 0) is 30.5 Å². The van der Waals surface area contributed by atoms with Crippen molar-refractivity contribution in [2.75, 3.05) is 5.32 Å². The van der Waals surface area contributed by atoms with Crippen LogP contribution in [0.25, 0.3) is 0 Å². The number of benzene rings is 1. The standard InChI is InChI=1S/C13H12N2O4S/c1-8-7-9(4-5-10(8)15(18)19)14-12(13(16)17)11-3-2-6-20-11/h2-7,12,14H,1H3,(H,16,17). The summed E-state index contributed by atoms with van der Waals surface area (Å²) in [5.41, 5.74) is 1.03. The molecular weight excluding hydrogens is 280 g/mol. The zero-order valence-corrected chi connectivity index (χ0v) is 11.4. The monoisotopic (exact) mass is 292 g/mol. The predicted octanol–water partition coefficient (Wildman–Crippen LogP) is 3.20. The molecule has 1 heterocycles. The van der Waals surface area contributed by atoms with Gasteiger partial charge in [-0.25, -0.2) is 4.79 Å². The number of anilines is 1. The highest BCUT2D eigenvalue weighted by Gasteiger charge is 2.21. The number of aryl methyl sites for hydroxylation is 1. The molecule has 1 aromatic heterocycles. The maximum Gasteiger partial charge on any atom is 0.331 e. The smallest absolute Gasteiger partial charge is 0.331 e. The lowest BCUT2D eigenvalue weighted by atomic mass is 10.1. The molecule has 1 aromatic carbocycles. The van der Waals surface area contributed by atoms with Gasteiger partial charge in [0.1, 0.15) is 0 Å². The Kier molecular flexibility index (Phi) is 3.99. The minimum absolute atomic E-state index is 0.0125. The molecule has 0 aliphatic rings. The van der Waals surface area contributed by atoms with Gasteiger partial charge in [-0.3, -0.25) is 10.1 Å². The van der Waals surface area contributed by atoms with E-state index in [9.17, 15) is 20.0 Å². The Morgan fingerprint density at radius 1 is 1.45 bits per heavy atom. The lowest BCUT2D eigenvalue weighted by molar-refractivity contribution is -0.385. The van der Waals surface area contributed by atoms with Crippen molar-refractivity contribution in [3.8, 4) is 0 Å². The van der Waals surface area contributed by atoms with Crippen molar-refractivity contribution in [3.05, 3.63) is 56.3 Å². The molecular formula is C13H12N2O4S. The highest BCUT2D eigenvalue weighted by molar-refractivity contribution is 7.10. The van der Waals surface area contributed by atoms with Crippen LogP contribution in [0.2, 0.25) is 0 Å². The fourth-order valence-electron chi connectivity index (χ4n) is 1.83. The Labute approximate surface area is 118 Å². The van der Waals surface area contributed by atoms with Crippen LogP contribution in [0.3, 0.4) is 0 Å². The molecule has 0 saturated heterocycles. The number of aliphatic carboxylic acids is 1. The maximum absolute atomic E-state index is 11.3. The summed E-state index contributed by atoms with van der Waals surface area (Å²) in [6.45, 7) is 1.62. The molecule has 6 nitrogen and oxygen atoms in total. The second-order valence-corrected chi connectivity index (χ2v) is 5.17. The molecule has 0 saturated carbocycles. The number of hydrogen-bond acceptors (Lipinski definition) is 5. The van der Waals surface area contributed by atoms with E-state index in [4.69, 9.17) is 0 Å². The average molecular weight is 292 g/mol. The summed E-state index contributed by atoms with van der Waals surface area (Å²) in [6.07, 6.45) is 0. The number of nitrogens with zero attached hydrogens (tertiary/aromatic N) is 1. The van der Waals surface area contributed by atoms with Crippen LogP contribution in [0.4, 0.5) is 11.4 Å². The summed E-state index contributed by atoms with van der Waals surface area (Å²) in [5.74, 6) is -0.997. The first-order valence-corrected chi connectivity index (χ1v) is 6.65. The van der Waals surface area contributed by atoms with Gasteiger partial charge >= 0.3 is 5.97 Å². The molecule has 0 radical (unpaired) electrons. The predicted molar refractivity (Wildman–Crippen MR) is 76.2 cm³/mol. The highest BCUT2D eigenvalue weighted by atomic mass is 32.1. The number of carboxylic acids is 1. The van der Waals surface area contributed by atoms with E-state index in [1.54, 1.807) is 30.5 Å². The molecule has 0 amide bonds. The molecule has 104 valence electrons. The molecule has 0 aliphatic heterocycles. The van der Waals surface area contributed by atoms with E-state index < -0.39 is 16.9 Å². The largest absolute Gasteiger partial charge is 0.479 e. The van der Waals surface area contributed by atoms with Crippen molar-refractivity contribution in [3.63, 3.8) is 0 Å². The SMILES string of the molecule is Cc1cc(NC(C(=O)O)c2cccs2)ccc1[N+](=O)[O-]. The molecule has 2 aromatic rings. The Balaban J connectivity index is 2.26. The molecule has 1 atom stereocenters. The third-order valence-electron chi connectivity index (χ3n) is 2.78. The molecule has 0 bridgehead atoms. The van der Waals surface area contributed by atoms with Crippen molar-refractivity contribution >= 4 is 28.7 Å². The molecule has 2 N–H and O–H groups in total. The van der Waals surface area contributed by atoms with E-state index >= 15 is 0 Å². The van der Waals surface area contributed by atoms with Gasteiger partial charge in [-0.15, -0.1) is 11.3 Å². The Bertz CT molecular complexity index is 640. The number of carboxylic acid groups (broad SMARTS) is 1. The first-order valence-electron chi connectivity index (χ1n) is 5.77. The fraction of sp³-hybridized carbons (Fsp3) is 0.154. The molecule has 0 fully saturated rings. The summed E-state index contributed by atoms with van der Waals surface area (Å²) in [5, 5.41) is 24.7. The van der Waals surface area contributed by atoms with Crippen molar-refractivity contribution < 1.29 is 14.8 Å². The minimum Gasteiger partial charge on any atom is -0.479 e. The van der Waals surface area contributed by atoms with Crippen molar-refractivity contribution in [1.82, 2.24) is 0 Å². The van der Waals surface area contributed by atoms with Crippen molar-refractivity contribution in [1.29, 1.82) is 0 Å². The normalized spacial score (nSPS) is 11.8. The lowest BCUT2D eigenvalue weighted by Gasteiger charge is -2.14. The number of nitro benzene ring substituents is 1. The molecule has 0 aliphatic carbocycles. The van der Waals surface area contributed by atoms with E-state index in [0.717, 1.165) is 0 Å². The minimum atomic E-state index is -0.997. The quantitative estimate of drug-likeness (QED) is 0.652. The van der Waals surface area contributed by atoms with Gasteiger partial charge in [0.15, 0.2) is 6.04 Å². The van der Waals surface area contributed by atoms with Crippen molar-refractivity contribution in [2.45, 2.75) is 13.0 Å². The average Bonchev–Trinajstić information content (AvgIpc) is 2.88. The van der Waals surface area contributed by atoms with E-state index in [0.29, 0.717) is 16.1 Å². The van der Waals surface area contributed by atoms with Gasteiger partial charge in [0.2, 0.25) is 0 Å². The van der Waals surface area contributed by atoms with E-state index in [1.165, 1.54) is 23.5 Å². The number of nitro groups is 1. The van der Waals surface area contributed by atoms with Crippen molar-refractivity contribution in [2.24, 2.45) is 0 Å². The van der Waals surface area contributed by atoms with Gasteiger partial charge in [-0.2, -0.15) is 0 Å². The fourth-order valence-corrected chi connectivity index (χ4v) is 2.59. The molecule has 1 unspecified atom stereocenters. The number of rotatable bonds is 5. The Morgan fingerprint density at radius 3 is 2.70 bits per heavy atom. The van der Waals surface area contributed by atoms with Crippen LogP contribution >= 0.6 is 11.3 Å². The molecule has 0 spiro atoms. The Morgan fingerprint density at radius 2 is 2.20 bits per heavy atom. The third-order valence-corrected chi connectivity index (χ3v) is 3.72. The second kappa shape index (κ2) is 5.70. The van der Waals surface area contributed by atoms with E-state index in [1.807, 2.05) is 0 Å². The van der Waals surface area contributed by atoms with Gasteiger partial charge in [0, 0.05) is 22.2 Å². The van der Waals surface area contributed by atoms with Gasteiger partial charge in [0.05, 0.1) is 4.92 Å². The maximum atomic E-state index is 11.3. The van der Waals surface area contributed by atoms with E-state index in [-0.39, 0.29) is 5.69 Å². The van der Waals surface area contributed by atoms with Crippen LogP contribution in [0, 0.1) is 17.0 Å². The van der Waals surface area contributed by atoms with Crippen LogP contribution < -0.4 is 5.32 Å². The number of nitrogens with one attached hydrogen (secondary N) is 1. The second-order valence-electron chi connectivity index (χ2n) is 4.19. The third kappa shape index (κ3) is 2.94. The van der Waals surface area contributed by atoms with Crippen LogP contribution in [0.1, 0.15) is 16.5 Å². The van der Waals surface area contributed by atoms with Gasteiger partial charge in [0.25, 0.3) is 5.69 Å². The summed E-state index contributed by atoms with van der Waals surface area (Å²) in [7, 11) is 0. The summed E-state index contributed by atoms with van der Waals surface area (Å²) < 4.78 is 0. The molecule has 7 heteroatoms. The summed E-state index contributed by atoms with van der Waals surface area (Å²) in [4.78, 5) is 22.3. The van der Waals surface area contributed by atoms with Crippen LogP contribution in [-0.2, 0) is 4.79 Å². The van der Waals surface area contributed by atoms with Crippen LogP contribution in [-0.4, -0.2) is 16.0 Å². The zero-order chi connectivity index (χ0) is 14.7. The number of hydrogen-bond donors (Lipinski definition) is 2. The lowest BCUT2D eigenvalue weighted by Crippen LogP contribution is -2.19. The number of carbonyl (C=O) groups is 1. The molecule has 20 heavy (non-hydrogen) atoms. The first kappa shape index (κ1) is 14.0. The summed E-state index contributed by atoms with van der Waals surface area (Å²) in [6, 6.07) is 7.09.